The molecule has 0 aliphatic carbocycles. The second-order valence-electron chi connectivity index (χ2n) is 10.6. The van der Waals surface area contributed by atoms with Crippen molar-refractivity contribution in [2.45, 2.75) is 25.4 Å². The van der Waals surface area contributed by atoms with Gasteiger partial charge >= 0.3 is 5.69 Å². The van der Waals surface area contributed by atoms with E-state index in [-0.39, 0.29) is 16.8 Å². The zero-order valence-corrected chi connectivity index (χ0v) is 23.0. The number of hydrogen-bond donors (Lipinski definition) is 1. The molecule has 1 N–H and O–H groups in total. The van der Waals surface area contributed by atoms with Crippen LogP contribution in [0.15, 0.2) is 95.8 Å². The van der Waals surface area contributed by atoms with E-state index in [4.69, 9.17) is 21.6 Å². The number of aromatic amines is 1. The number of imidazole rings is 1. The van der Waals surface area contributed by atoms with Crippen molar-refractivity contribution in [2.75, 3.05) is 13.1 Å². The van der Waals surface area contributed by atoms with Gasteiger partial charge in [0.15, 0.2) is 0 Å². The van der Waals surface area contributed by atoms with Crippen molar-refractivity contribution in [3.63, 3.8) is 0 Å². The summed E-state index contributed by atoms with van der Waals surface area (Å²) in [7, 11) is 0. The van der Waals surface area contributed by atoms with Gasteiger partial charge in [-0.15, -0.1) is 0 Å². The molecular formula is C33H27ClFN5O. The van der Waals surface area contributed by atoms with Gasteiger partial charge in [-0.25, -0.2) is 19.2 Å². The zero-order chi connectivity index (χ0) is 27.9. The summed E-state index contributed by atoms with van der Waals surface area (Å²) in [5.74, 6) is -0.513. The fraction of sp³-hybridized carbons (Fsp3) is 0.182. The zero-order valence-electron chi connectivity index (χ0n) is 22.2. The minimum absolute atomic E-state index is 0.0282. The van der Waals surface area contributed by atoms with E-state index in [9.17, 15) is 9.18 Å². The molecule has 0 bridgehead atoms. The lowest BCUT2D eigenvalue weighted by Gasteiger charge is -2.32. The fourth-order valence-electron chi connectivity index (χ4n) is 5.85. The van der Waals surface area contributed by atoms with E-state index in [1.165, 1.54) is 17.7 Å². The van der Waals surface area contributed by atoms with Crippen LogP contribution in [0.3, 0.4) is 0 Å². The first-order chi connectivity index (χ1) is 20.0. The van der Waals surface area contributed by atoms with Gasteiger partial charge in [0.25, 0.3) is 0 Å². The minimum Gasteiger partial charge on any atom is -0.306 e. The summed E-state index contributed by atoms with van der Waals surface area (Å²) < 4.78 is 16.2. The molecule has 1 aliphatic heterocycles. The van der Waals surface area contributed by atoms with Crippen molar-refractivity contribution in [1.29, 1.82) is 0 Å². The van der Waals surface area contributed by atoms with Gasteiger partial charge in [0.2, 0.25) is 0 Å². The topological polar surface area (TPSA) is 66.8 Å². The van der Waals surface area contributed by atoms with Crippen LogP contribution < -0.4 is 5.69 Å². The van der Waals surface area contributed by atoms with Gasteiger partial charge < -0.3 is 4.98 Å². The standard InChI is InChI=1S/C33H27ClFN5O/c34-25-18-28-29(19-26(25)35)37-32(31(36-28)22-6-2-1-3-7-22)23-12-10-21(11-13-23)20-39-16-14-24(15-17-39)40-30-9-5-4-8-27(30)38-33(40)41/h1-13,18-19,24H,14-17,20H2,(H,38,41). The SMILES string of the molecule is O=c1[nH]c2ccccc2n1C1CCN(Cc2ccc(-c3nc4cc(F)c(Cl)cc4nc3-c3ccccc3)cc2)CC1. The molecule has 6 nitrogen and oxygen atoms in total. The Balaban J connectivity index is 1.12. The van der Waals surface area contributed by atoms with Crippen molar-refractivity contribution < 1.29 is 4.39 Å². The number of fused-ring (bicyclic) bond motifs is 2. The third-order valence-corrected chi connectivity index (χ3v) is 8.22. The maximum Gasteiger partial charge on any atom is 0.326 e. The summed E-state index contributed by atoms with van der Waals surface area (Å²) in [6, 6.07) is 29.2. The Morgan fingerprint density at radius 3 is 2.20 bits per heavy atom. The van der Waals surface area contributed by atoms with Crippen LogP contribution in [0.25, 0.3) is 44.6 Å². The molecule has 0 spiro atoms. The predicted octanol–water partition coefficient (Wildman–Crippen LogP) is 7.24. The smallest absolute Gasteiger partial charge is 0.306 e. The van der Waals surface area contributed by atoms with Crippen molar-refractivity contribution in [2.24, 2.45) is 0 Å². The van der Waals surface area contributed by atoms with Crippen molar-refractivity contribution in [1.82, 2.24) is 24.4 Å². The largest absolute Gasteiger partial charge is 0.326 e. The molecule has 41 heavy (non-hydrogen) atoms. The molecule has 0 unspecified atom stereocenters. The third-order valence-electron chi connectivity index (χ3n) is 7.93. The molecule has 7 rings (SSSR count). The van der Waals surface area contributed by atoms with Gasteiger partial charge in [0.1, 0.15) is 5.82 Å². The van der Waals surface area contributed by atoms with Crippen molar-refractivity contribution in [3.05, 3.63) is 118 Å². The highest BCUT2D eigenvalue weighted by atomic mass is 35.5. The van der Waals surface area contributed by atoms with Crippen LogP contribution >= 0.6 is 11.6 Å². The highest BCUT2D eigenvalue weighted by Crippen LogP contribution is 2.33. The number of H-pyrrole nitrogens is 1. The van der Waals surface area contributed by atoms with Crippen LogP contribution in [0.4, 0.5) is 4.39 Å². The van der Waals surface area contributed by atoms with E-state index >= 15 is 0 Å². The summed E-state index contributed by atoms with van der Waals surface area (Å²) in [5.41, 5.74) is 7.31. The van der Waals surface area contributed by atoms with Crippen LogP contribution in [0, 0.1) is 5.82 Å². The van der Waals surface area contributed by atoms with Gasteiger partial charge in [-0.3, -0.25) is 9.47 Å². The number of hydrogen-bond acceptors (Lipinski definition) is 4. The Bertz CT molecular complexity index is 1930. The lowest BCUT2D eigenvalue weighted by atomic mass is 10.0. The molecule has 3 heterocycles. The number of nitrogens with one attached hydrogen (secondary N) is 1. The van der Waals surface area contributed by atoms with Gasteiger partial charge in [-0.2, -0.15) is 0 Å². The minimum atomic E-state index is -0.513. The Morgan fingerprint density at radius 2 is 1.46 bits per heavy atom. The summed E-state index contributed by atoms with van der Waals surface area (Å²) in [6.07, 6.45) is 1.85. The molecule has 8 heteroatoms. The monoisotopic (exact) mass is 563 g/mol. The van der Waals surface area contributed by atoms with Crippen LogP contribution in [0.5, 0.6) is 0 Å². The molecule has 1 saturated heterocycles. The maximum atomic E-state index is 14.3. The third kappa shape index (κ3) is 4.92. The Hall–Kier alpha value is -4.33. The van der Waals surface area contributed by atoms with E-state index in [1.807, 2.05) is 59.2 Å². The predicted molar refractivity (Wildman–Crippen MR) is 161 cm³/mol. The summed E-state index contributed by atoms with van der Waals surface area (Å²) >= 11 is 6.04. The number of piperidine rings is 1. The number of aromatic nitrogens is 4. The average Bonchev–Trinajstić information content (AvgIpc) is 3.34. The number of rotatable bonds is 5. The van der Waals surface area contributed by atoms with Crippen molar-refractivity contribution >= 4 is 33.7 Å². The molecule has 4 aromatic carbocycles. The molecule has 1 aliphatic rings. The number of halogens is 2. The molecule has 0 radical (unpaired) electrons. The average molecular weight is 564 g/mol. The van der Waals surface area contributed by atoms with Crippen molar-refractivity contribution in [3.8, 4) is 22.5 Å². The van der Waals surface area contributed by atoms with Crippen LogP contribution in [0.1, 0.15) is 24.4 Å². The molecule has 6 aromatic rings. The number of likely N-dealkylation sites (tertiary alicyclic amines) is 1. The van der Waals surface area contributed by atoms with Gasteiger partial charge in [-0.05, 0) is 36.6 Å². The molecule has 2 aromatic heterocycles. The van der Waals surface area contributed by atoms with Crippen LogP contribution in [-0.2, 0) is 6.54 Å². The maximum absolute atomic E-state index is 14.3. The Morgan fingerprint density at radius 1 is 0.829 bits per heavy atom. The van der Waals surface area contributed by atoms with E-state index in [1.54, 1.807) is 0 Å². The van der Waals surface area contributed by atoms with E-state index in [2.05, 4.69) is 34.1 Å². The summed E-state index contributed by atoms with van der Waals surface area (Å²) in [5, 5.41) is 0.0282. The second-order valence-corrected chi connectivity index (χ2v) is 11.0. The van der Waals surface area contributed by atoms with Gasteiger partial charge in [0.05, 0.1) is 38.5 Å². The quantitative estimate of drug-likeness (QED) is 0.240. The molecular weight excluding hydrogens is 537 g/mol. The van der Waals surface area contributed by atoms with E-state index in [0.29, 0.717) is 16.7 Å². The summed E-state index contributed by atoms with van der Waals surface area (Å²) in [4.78, 5) is 27.7. The first kappa shape index (κ1) is 25.6. The van der Waals surface area contributed by atoms with Crippen LogP contribution in [-0.4, -0.2) is 37.5 Å². The first-order valence-electron chi connectivity index (χ1n) is 13.8. The number of benzene rings is 4. The van der Waals surface area contributed by atoms with E-state index in [0.717, 1.165) is 60.3 Å². The molecule has 0 atom stereocenters. The van der Waals surface area contributed by atoms with Gasteiger partial charge in [-0.1, -0.05) is 78.3 Å². The number of nitrogens with zero attached hydrogens (tertiary/aromatic N) is 4. The highest BCUT2D eigenvalue weighted by molar-refractivity contribution is 6.31. The molecule has 0 saturated carbocycles. The molecule has 204 valence electrons. The Kier molecular flexibility index (Phi) is 6.61. The fourth-order valence-corrected chi connectivity index (χ4v) is 6.01. The van der Waals surface area contributed by atoms with Gasteiger partial charge in [0, 0.05) is 42.9 Å². The van der Waals surface area contributed by atoms with E-state index < -0.39 is 5.82 Å². The highest BCUT2D eigenvalue weighted by Gasteiger charge is 2.24. The number of para-hydroxylation sites is 2. The first-order valence-corrected chi connectivity index (χ1v) is 14.1. The van der Waals surface area contributed by atoms with Crippen LogP contribution in [0.2, 0.25) is 5.02 Å². The Labute approximate surface area is 241 Å². The lowest BCUT2D eigenvalue weighted by molar-refractivity contribution is 0.180. The normalized spacial score (nSPS) is 14.7. The lowest BCUT2D eigenvalue weighted by Crippen LogP contribution is -2.36. The molecule has 1 fully saturated rings. The summed E-state index contributed by atoms with van der Waals surface area (Å²) in [6.45, 7) is 2.66. The second kappa shape index (κ2) is 10.6. The molecule has 0 amide bonds.